The number of non-ortho nitro benzene ring substituents is 1. The molecule has 1 aromatic rings. The molecule has 0 aromatic heterocycles. The number of benzene rings is 1. The Labute approximate surface area is 121 Å². The van der Waals surface area contributed by atoms with Gasteiger partial charge in [0.2, 0.25) is 10.0 Å². The first-order valence-corrected chi connectivity index (χ1v) is 7.28. The van der Waals surface area contributed by atoms with Crippen LogP contribution in [0.1, 0.15) is 0 Å². The summed E-state index contributed by atoms with van der Waals surface area (Å²) in [5.74, 6) is -0.161. The SMILES string of the molecule is COCC(CO)NS(=O)(=O)c1ccc([N+](=O)[O-])cc1OC. The Hall–Kier alpha value is -1.75. The van der Waals surface area contributed by atoms with Crippen LogP contribution in [0.5, 0.6) is 5.75 Å². The standard InChI is InChI=1S/C11H16N2O7S/c1-19-7-8(6-14)12-21(17,18)11-4-3-9(13(15)16)5-10(11)20-2/h3-5,8,12,14H,6-7H2,1-2H3. The maximum Gasteiger partial charge on any atom is 0.273 e. The second kappa shape index (κ2) is 7.31. The fourth-order valence-corrected chi connectivity index (χ4v) is 2.96. The average molecular weight is 320 g/mol. The molecule has 0 saturated heterocycles. The van der Waals surface area contributed by atoms with Gasteiger partial charge in [0.25, 0.3) is 5.69 Å². The van der Waals surface area contributed by atoms with Crippen LogP contribution in [0.4, 0.5) is 5.69 Å². The monoisotopic (exact) mass is 320 g/mol. The van der Waals surface area contributed by atoms with Crippen LogP contribution in [0.3, 0.4) is 0 Å². The van der Waals surface area contributed by atoms with Crippen LogP contribution in [0, 0.1) is 10.1 Å². The van der Waals surface area contributed by atoms with E-state index in [1.54, 1.807) is 0 Å². The van der Waals surface area contributed by atoms with Crippen LogP contribution in [0.15, 0.2) is 23.1 Å². The number of nitro groups is 1. The van der Waals surface area contributed by atoms with Gasteiger partial charge >= 0.3 is 0 Å². The maximum absolute atomic E-state index is 12.2. The first-order chi connectivity index (χ1) is 9.85. The fourth-order valence-electron chi connectivity index (χ4n) is 1.60. The van der Waals surface area contributed by atoms with Crippen molar-refractivity contribution in [2.75, 3.05) is 27.4 Å². The zero-order chi connectivity index (χ0) is 16.0. The van der Waals surface area contributed by atoms with Gasteiger partial charge in [0, 0.05) is 13.2 Å². The topological polar surface area (TPSA) is 128 Å². The molecule has 0 amide bonds. The Kier molecular flexibility index (Phi) is 6.03. The number of rotatable bonds is 8. The average Bonchev–Trinajstić information content (AvgIpc) is 2.45. The second-order valence-corrected chi connectivity index (χ2v) is 5.73. The molecular weight excluding hydrogens is 304 g/mol. The van der Waals surface area contributed by atoms with Crippen molar-refractivity contribution in [1.29, 1.82) is 0 Å². The molecule has 1 rings (SSSR count). The van der Waals surface area contributed by atoms with Crippen LogP contribution in [-0.4, -0.2) is 51.9 Å². The van der Waals surface area contributed by atoms with E-state index in [2.05, 4.69) is 4.72 Å². The molecule has 1 aromatic carbocycles. The van der Waals surface area contributed by atoms with Crippen molar-refractivity contribution >= 4 is 15.7 Å². The third-order valence-electron chi connectivity index (χ3n) is 2.56. The molecule has 0 bridgehead atoms. The van der Waals surface area contributed by atoms with Gasteiger partial charge in [-0.05, 0) is 6.07 Å². The summed E-state index contributed by atoms with van der Waals surface area (Å²) in [5.41, 5.74) is -0.290. The molecule has 0 heterocycles. The largest absolute Gasteiger partial charge is 0.495 e. The fraction of sp³-hybridized carbons (Fsp3) is 0.455. The summed E-state index contributed by atoms with van der Waals surface area (Å²) in [5, 5.41) is 19.8. The molecule has 21 heavy (non-hydrogen) atoms. The summed E-state index contributed by atoms with van der Waals surface area (Å²) in [6.07, 6.45) is 0. The molecule has 0 fully saturated rings. The van der Waals surface area contributed by atoms with Crippen molar-refractivity contribution in [3.63, 3.8) is 0 Å². The quantitative estimate of drug-likeness (QED) is 0.505. The van der Waals surface area contributed by atoms with E-state index in [1.807, 2.05) is 0 Å². The summed E-state index contributed by atoms with van der Waals surface area (Å²) < 4.78 is 36.3. The number of nitrogens with zero attached hydrogens (tertiary/aromatic N) is 1. The Morgan fingerprint density at radius 1 is 1.43 bits per heavy atom. The van der Waals surface area contributed by atoms with Crippen LogP contribution < -0.4 is 9.46 Å². The predicted molar refractivity (Wildman–Crippen MR) is 72.7 cm³/mol. The number of nitro benzene ring substituents is 1. The normalized spacial score (nSPS) is 12.9. The minimum Gasteiger partial charge on any atom is -0.495 e. The minimum absolute atomic E-state index is 0.0228. The smallest absolute Gasteiger partial charge is 0.273 e. The summed E-state index contributed by atoms with van der Waals surface area (Å²) in [4.78, 5) is 9.76. The highest BCUT2D eigenvalue weighted by molar-refractivity contribution is 7.89. The zero-order valence-corrected chi connectivity index (χ0v) is 12.3. The number of hydrogen-bond acceptors (Lipinski definition) is 7. The van der Waals surface area contributed by atoms with E-state index in [0.29, 0.717) is 0 Å². The number of aliphatic hydroxyl groups is 1. The van der Waals surface area contributed by atoms with Crippen LogP contribution >= 0.6 is 0 Å². The summed E-state index contributed by atoms with van der Waals surface area (Å²) in [7, 11) is -1.45. The van der Waals surface area contributed by atoms with Crippen molar-refractivity contribution in [3.8, 4) is 5.75 Å². The molecule has 118 valence electrons. The van der Waals surface area contributed by atoms with Crippen molar-refractivity contribution in [2.45, 2.75) is 10.9 Å². The number of methoxy groups -OCH3 is 2. The molecule has 1 atom stereocenters. The maximum atomic E-state index is 12.2. The van der Waals surface area contributed by atoms with Crippen molar-refractivity contribution in [3.05, 3.63) is 28.3 Å². The van der Waals surface area contributed by atoms with E-state index in [1.165, 1.54) is 14.2 Å². The Morgan fingerprint density at radius 2 is 2.10 bits per heavy atom. The van der Waals surface area contributed by atoms with Crippen LogP contribution in [0.25, 0.3) is 0 Å². The van der Waals surface area contributed by atoms with Crippen LogP contribution in [0.2, 0.25) is 0 Å². The number of sulfonamides is 1. The highest BCUT2D eigenvalue weighted by atomic mass is 32.2. The van der Waals surface area contributed by atoms with Gasteiger partial charge in [-0.25, -0.2) is 13.1 Å². The van der Waals surface area contributed by atoms with Gasteiger partial charge in [-0.2, -0.15) is 0 Å². The van der Waals surface area contributed by atoms with E-state index in [4.69, 9.17) is 14.6 Å². The minimum atomic E-state index is -4.02. The lowest BCUT2D eigenvalue weighted by atomic mass is 10.3. The van der Waals surface area contributed by atoms with Gasteiger partial charge in [0.1, 0.15) is 10.6 Å². The van der Waals surface area contributed by atoms with Gasteiger partial charge in [0.15, 0.2) is 0 Å². The van der Waals surface area contributed by atoms with Gasteiger partial charge in [-0.15, -0.1) is 0 Å². The van der Waals surface area contributed by atoms with E-state index in [9.17, 15) is 18.5 Å². The molecular formula is C11H16N2O7S. The van der Waals surface area contributed by atoms with Gasteiger partial charge in [-0.1, -0.05) is 0 Å². The lowest BCUT2D eigenvalue weighted by Gasteiger charge is -2.16. The van der Waals surface area contributed by atoms with Crippen molar-refractivity contribution < 1.29 is 27.9 Å². The highest BCUT2D eigenvalue weighted by Gasteiger charge is 2.25. The highest BCUT2D eigenvalue weighted by Crippen LogP contribution is 2.28. The Bertz CT molecular complexity index is 603. The molecule has 0 aliphatic heterocycles. The molecule has 0 spiro atoms. The predicted octanol–water partition coefficient (Wildman–Crippen LogP) is -0.111. The number of nitrogens with one attached hydrogen (secondary N) is 1. The van der Waals surface area contributed by atoms with E-state index >= 15 is 0 Å². The molecule has 0 aliphatic carbocycles. The third-order valence-corrected chi connectivity index (χ3v) is 4.12. The molecule has 2 N–H and O–H groups in total. The summed E-state index contributed by atoms with van der Waals surface area (Å²) in [6.45, 7) is -0.479. The van der Waals surface area contributed by atoms with E-state index < -0.39 is 27.6 Å². The number of hydrogen-bond donors (Lipinski definition) is 2. The Morgan fingerprint density at radius 3 is 2.57 bits per heavy atom. The first-order valence-electron chi connectivity index (χ1n) is 5.80. The zero-order valence-electron chi connectivity index (χ0n) is 11.5. The third kappa shape index (κ3) is 4.36. The molecule has 10 heteroatoms. The summed E-state index contributed by atoms with van der Waals surface area (Å²) in [6, 6.07) is 2.31. The Balaban J connectivity index is 3.15. The molecule has 0 saturated carbocycles. The molecule has 0 radical (unpaired) electrons. The van der Waals surface area contributed by atoms with Crippen LogP contribution in [-0.2, 0) is 14.8 Å². The van der Waals surface area contributed by atoms with Gasteiger partial charge in [-0.3, -0.25) is 10.1 Å². The second-order valence-electron chi connectivity index (χ2n) is 4.05. The number of ether oxygens (including phenoxy) is 2. The molecule has 1 unspecified atom stereocenters. The first kappa shape index (κ1) is 17.3. The molecule has 0 aliphatic rings. The van der Waals surface area contributed by atoms with Gasteiger partial charge < -0.3 is 14.6 Å². The van der Waals surface area contributed by atoms with Crippen molar-refractivity contribution in [2.24, 2.45) is 0 Å². The lowest BCUT2D eigenvalue weighted by Crippen LogP contribution is -2.40. The van der Waals surface area contributed by atoms with Gasteiger partial charge in [0.05, 0.1) is 37.4 Å². The molecule has 9 nitrogen and oxygen atoms in total. The van der Waals surface area contributed by atoms with E-state index in [-0.39, 0.29) is 22.9 Å². The van der Waals surface area contributed by atoms with E-state index in [0.717, 1.165) is 18.2 Å². The summed E-state index contributed by atoms with van der Waals surface area (Å²) >= 11 is 0. The number of aliphatic hydroxyl groups excluding tert-OH is 1. The lowest BCUT2D eigenvalue weighted by molar-refractivity contribution is -0.385. The van der Waals surface area contributed by atoms with Crippen molar-refractivity contribution in [1.82, 2.24) is 4.72 Å².